The van der Waals surface area contributed by atoms with Crippen molar-refractivity contribution in [3.8, 4) is 0 Å². The zero-order valence-corrected chi connectivity index (χ0v) is 12.3. The summed E-state index contributed by atoms with van der Waals surface area (Å²) in [4.78, 5) is 17.3. The summed E-state index contributed by atoms with van der Waals surface area (Å²) in [6, 6.07) is 0.776. The van der Waals surface area contributed by atoms with Crippen LogP contribution in [0.4, 0.5) is 0 Å². The van der Waals surface area contributed by atoms with Crippen LogP contribution in [0.25, 0.3) is 0 Å². The van der Waals surface area contributed by atoms with Crippen molar-refractivity contribution in [2.75, 3.05) is 32.7 Å². The summed E-state index contributed by atoms with van der Waals surface area (Å²) in [5, 5.41) is 0. The Hall–Kier alpha value is -0.410. The summed E-state index contributed by atoms with van der Waals surface area (Å²) >= 11 is 0. The van der Waals surface area contributed by atoms with Gasteiger partial charge in [-0.1, -0.05) is 6.92 Å². The van der Waals surface area contributed by atoms with Crippen LogP contribution in [0.3, 0.4) is 0 Å². The Morgan fingerprint density at radius 1 is 1.16 bits per heavy atom. The van der Waals surface area contributed by atoms with E-state index in [0.717, 1.165) is 37.8 Å². The first kappa shape index (κ1) is 13.6. The van der Waals surface area contributed by atoms with Crippen LogP contribution in [0.2, 0.25) is 0 Å². The maximum absolute atomic E-state index is 12.0. The zero-order chi connectivity index (χ0) is 13.2. The van der Waals surface area contributed by atoms with Crippen LogP contribution in [0.15, 0.2) is 0 Å². The molecule has 2 saturated heterocycles. The van der Waals surface area contributed by atoms with Gasteiger partial charge in [0.1, 0.15) is 5.78 Å². The number of hydrogen-bond acceptors (Lipinski definition) is 3. The highest BCUT2D eigenvalue weighted by Crippen LogP contribution is 2.28. The molecule has 0 aromatic carbocycles. The van der Waals surface area contributed by atoms with Gasteiger partial charge in [0.2, 0.25) is 0 Å². The average molecular weight is 264 g/mol. The molecule has 3 nitrogen and oxygen atoms in total. The number of nitrogens with zero attached hydrogens (tertiary/aromatic N) is 2. The molecule has 1 aliphatic carbocycles. The molecule has 3 heteroatoms. The van der Waals surface area contributed by atoms with Crippen molar-refractivity contribution in [2.45, 2.75) is 51.5 Å². The number of rotatable bonds is 3. The van der Waals surface area contributed by atoms with Gasteiger partial charge in [-0.25, -0.2) is 0 Å². The molecule has 3 fully saturated rings. The van der Waals surface area contributed by atoms with E-state index in [2.05, 4.69) is 16.7 Å². The summed E-state index contributed by atoms with van der Waals surface area (Å²) in [5.41, 5.74) is 0. The van der Waals surface area contributed by atoms with Crippen molar-refractivity contribution >= 4 is 5.78 Å². The standard InChI is InChI=1S/C16H28N2O/c1-13-4-5-16(19)14(10-13)11-17-9-6-15(12-17)18-7-2-3-8-18/h13-15H,2-12H2,1H3. The van der Waals surface area contributed by atoms with Crippen LogP contribution in [-0.2, 0) is 4.79 Å². The van der Waals surface area contributed by atoms with Gasteiger partial charge in [-0.3, -0.25) is 9.69 Å². The molecule has 3 rings (SSSR count). The van der Waals surface area contributed by atoms with E-state index in [1.54, 1.807) is 0 Å². The van der Waals surface area contributed by atoms with Gasteiger partial charge in [0.05, 0.1) is 0 Å². The Balaban J connectivity index is 1.49. The molecule has 3 aliphatic rings. The van der Waals surface area contributed by atoms with Gasteiger partial charge in [0.15, 0.2) is 0 Å². The molecule has 1 saturated carbocycles. The highest BCUT2D eigenvalue weighted by atomic mass is 16.1. The van der Waals surface area contributed by atoms with Gasteiger partial charge in [-0.15, -0.1) is 0 Å². The third-order valence-electron chi connectivity index (χ3n) is 5.41. The Labute approximate surface area is 117 Å². The summed E-state index contributed by atoms with van der Waals surface area (Å²) in [7, 11) is 0. The molecular weight excluding hydrogens is 236 g/mol. The molecule has 0 amide bonds. The van der Waals surface area contributed by atoms with E-state index in [1.807, 2.05) is 0 Å². The number of likely N-dealkylation sites (tertiary alicyclic amines) is 2. The van der Waals surface area contributed by atoms with Crippen molar-refractivity contribution in [3.63, 3.8) is 0 Å². The number of ketones is 1. The molecule has 0 aromatic heterocycles. The maximum atomic E-state index is 12.0. The fourth-order valence-corrected chi connectivity index (χ4v) is 4.20. The summed E-state index contributed by atoms with van der Waals surface area (Å²) in [6.45, 7) is 8.36. The van der Waals surface area contributed by atoms with Gasteiger partial charge in [-0.05, 0) is 57.7 Å². The molecule has 3 unspecified atom stereocenters. The lowest BCUT2D eigenvalue weighted by molar-refractivity contribution is -0.126. The second-order valence-corrected chi connectivity index (χ2v) is 6.99. The fraction of sp³-hybridized carbons (Fsp3) is 0.938. The molecule has 108 valence electrons. The molecule has 0 N–H and O–H groups in total. The zero-order valence-electron chi connectivity index (χ0n) is 12.3. The topological polar surface area (TPSA) is 23.6 Å². The summed E-state index contributed by atoms with van der Waals surface area (Å²) < 4.78 is 0. The third-order valence-corrected chi connectivity index (χ3v) is 5.41. The summed E-state index contributed by atoms with van der Waals surface area (Å²) in [5.74, 6) is 1.61. The lowest BCUT2D eigenvalue weighted by atomic mass is 9.81. The smallest absolute Gasteiger partial charge is 0.137 e. The monoisotopic (exact) mass is 264 g/mol. The highest BCUT2D eigenvalue weighted by Gasteiger charge is 2.33. The van der Waals surface area contributed by atoms with Crippen LogP contribution in [0, 0.1) is 11.8 Å². The average Bonchev–Trinajstić information content (AvgIpc) is 3.04. The minimum absolute atomic E-state index is 0.334. The van der Waals surface area contributed by atoms with Crippen molar-refractivity contribution in [2.24, 2.45) is 11.8 Å². The highest BCUT2D eigenvalue weighted by molar-refractivity contribution is 5.81. The van der Waals surface area contributed by atoms with E-state index < -0.39 is 0 Å². The van der Waals surface area contributed by atoms with E-state index in [0.29, 0.717) is 11.7 Å². The largest absolute Gasteiger partial charge is 0.301 e. The third kappa shape index (κ3) is 3.19. The van der Waals surface area contributed by atoms with E-state index in [-0.39, 0.29) is 0 Å². The van der Waals surface area contributed by atoms with E-state index in [9.17, 15) is 4.79 Å². The van der Waals surface area contributed by atoms with E-state index in [4.69, 9.17) is 0 Å². The second-order valence-electron chi connectivity index (χ2n) is 6.99. The minimum atomic E-state index is 0.334. The van der Waals surface area contributed by atoms with Crippen molar-refractivity contribution in [1.29, 1.82) is 0 Å². The van der Waals surface area contributed by atoms with Gasteiger partial charge in [0, 0.05) is 31.5 Å². The molecule has 3 atom stereocenters. The molecule has 19 heavy (non-hydrogen) atoms. The first-order valence-electron chi connectivity index (χ1n) is 8.21. The van der Waals surface area contributed by atoms with E-state index in [1.165, 1.54) is 45.4 Å². The SMILES string of the molecule is CC1CCC(=O)C(CN2CCC(N3CCCC3)C2)C1. The van der Waals surface area contributed by atoms with Gasteiger partial charge >= 0.3 is 0 Å². The van der Waals surface area contributed by atoms with Crippen LogP contribution in [-0.4, -0.2) is 54.3 Å². The molecule has 0 bridgehead atoms. The Bertz CT molecular complexity index is 325. The Kier molecular flexibility index (Phi) is 4.23. The molecule has 2 aliphatic heterocycles. The number of carbonyl (C=O) groups is 1. The Morgan fingerprint density at radius 2 is 1.95 bits per heavy atom. The molecule has 0 aromatic rings. The second kappa shape index (κ2) is 5.92. The van der Waals surface area contributed by atoms with Crippen LogP contribution in [0.1, 0.15) is 45.4 Å². The normalized spacial score (nSPS) is 38.2. The van der Waals surface area contributed by atoms with Gasteiger partial charge < -0.3 is 4.90 Å². The minimum Gasteiger partial charge on any atom is -0.301 e. The van der Waals surface area contributed by atoms with Crippen LogP contribution >= 0.6 is 0 Å². The van der Waals surface area contributed by atoms with Crippen molar-refractivity contribution < 1.29 is 4.79 Å². The molecule has 2 heterocycles. The van der Waals surface area contributed by atoms with Crippen molar-refractivity contribution in [3.05, 3.63) is 0 Å². The summed E-state index contributed by atoms with van der Waals surface area (Å²) in [6.07, 6.45) is 7.16. The maximum Gasteiger partial charge on any atom is 0.137 e. The predicted octanol–water partition coefficient (Wildman–Crippen LogP) is 2.16. The van der Waals surface area contributed by atoms with Crippen molar-refractivity contribution in [1.82, 2.24) is 9.80 Å². The lowest BCUT2D eigenvalue weighted by Gasteiger charge is -2.29. The fourth-order valence-electron chi connectivity index (χ4n) is 4.20. The number of hydrogen-bond donors (Lipinski definition) is 0. The first-order valence-corrected chi connectivity index (χ1v) is 8.21. The number of Topliss-reactive ketones (excluding diaryl/α,β-unsaturated/α-hetero) is 1. The predicted molar refractivity (Wildman–Crippen MR) is 77.2 cm³/mol. The first-order chi connectivity index (χ1) is 9.22. The van der Waals surface area contributed by atoms with Gasteiger partial charge in [-0.2, -0.15) is 0 Å². The van der Waals surface area contributed by atoms with Crippen LogP contribution in [0.5, 0.6) is 0 Å². The molecular formula is C16H28N2O. The quantitative estimate of drug-likeness (QED) is 0.780. The van der Waals surface area contributed by atoms with Gasteiger partial charge in [0.25, 0.3) is 0 Å². The van der Waals surface area contributed by atoms with Crippen LogP contribution < -0.4 is 0 Å². The lowest BCUT2D eigenvalue weighted by Crippen LogP contribution is -2.38. The Morgan fingerprint density at radius 3 is 2.74 bits per heavy atom. The van der Waals surface area contributed by atoms with E-state index >= 15 is 0 Å². The number of carbonyl (C=O) groups excluding carboxylic acids is 1. The molecule has 0 radical (unpaired) electrons. The molecule has 0 spiro atoms.